The molecule has 162 valence electrons. The highest BCUT2D eigenvalue weighted by Gasteiger charge is 2.45. The first-order valence-electron chi connectivity index (χ1n) is 10.9. The number of likely N-dealkylation sites (tertiary alicyclic amines) is 1. The zero-order chi connectivity index (χ0) is 22.7. The van der Waals surface area contributed by atoms with Crippen LogP contribution in [-0.2, 0) is 16.0 Å². The molecule has 0 bridgehead atoms. The van der Waals surface area contributed by atoms with Gasteiger partial charge in [-0.25, -0.2) is 0 Å². The maximum atomic E-state index is 13.1. The van der Waals surface area contributed by atoms with Crippen LogP contribution in [0.5, 0.6) is 0 Å². The summed E-state index contributed by atoms with van der Waals surface area (Å²) in [6, 6.07) is 26.2. The lowest BCUT2D eigenvalue weighted by atomic mass is 9.93. The summed E-state index contributed by atoms with van der Waals surface area (Å²) in [4.78, 5) is 27.7. The molecule has 1 N–H and O–H groups in total. The molecular weight excluding hydrogens is 398 g/mol. The molecule has 3 aromatic rings. The van der Waals surface area contributed by atoms with Gasteiger partial charge in [0.1, 0.15) is 5.76 Å². The Hall–Kier alpha value is -3.66. The quantitative estimate of drug-likeness (QED) is 0.323. The number of aliphatic hydroxyl groups excluding tert-OH is 1. The minimum absolute atomic E-state index is 0.135. The molecule has 4 nitrogen and oxygen atoms in total. The molecule has 0 spiro atoms. The first-order valence-corrected chi connectivity index (χ1v) is 10.9. The lowest BCUT2D eigenvalue weighted by Gasteiger charge is -2.25. The molecule has 1 atom stereocenters. The Morgan fingerprint density at radius 1 is 0.875 bits per heavy atom. The van der Waals surface area contributed by atoms with E-state index in [1.807, 2.05) is 60.7 Å². The van der Waals surface area contributed by atoms with Crippen LogP contribution >= 0.6 is 0 Å². The Morgan fingerprint density at radius 3 is 2.06 bits per heavy atom. The maximum absolute atomic E-state index is 13.1. The van der Waals surface area contributed by atoms with Gasteiger partial charge in [-0.15, -0.1) is 0 Å². The maximum Gasteiger partial charge on any atom is 0.295 e. The highest BCUT2D eigenvalue weighted by molar-refractivity contribution is 6.46. The molecule has 0 saturated carbocycles. The molecule has 0 aliphatic carbocycles. The predicted octanol–water partition coefficient (Wildman–Crippen LogP) is 5.47. The molecule has 4 rings (SSSR count). The smallest absolute Gasteiger partial charge is 0.295 e. The van der Waals surface area contributed by atoms with E-state index in [4.69, 9.17) is 0 Å². The molecule has 0 aromatic heterocycles. The van der Waals surface area contributed by atoms with Crippen LogP contribution in [0.15, 0.2) is 90.5 Å². The van der Waals surface area contributed by atoms with Gasteiger partial charge in [0.15, 0.2) is 0 Å². The summed E-state index contributed by atoms with van der Waals surface area (Å²) in [7, 11) is 0. The van der Waals surface area contributed by atoms with Crippen LogP contribution in [0.2, 0.25) is 0 Å². The molecule has 0 unspecified atom stereocenters. The number of Topliss-reactive ketones (excluding diaryl/α,β-unsaturated/α-hetero) is 1. The largest absolute Gasteiger partial charge is 0.507 e. The summed E-state index contributed by atoms with van der Waals surface area (Å²) < 4.78 is 0. The van der Waals surface area contributed by atoms with Crippen LogP contribution in [0.4, 0.5) is 0 Å². The van der Waals surface area contributed by atoms with E-state index in [0.29, 0.717) is 24.4 Å². The Bertz CT molecular complexity index is 1130. The Morgan fingerprint density at radius 2 is 1.47 bits per heavy atom. The topological polar surface area (TPSA) is 57.6 Å². The van der Waals surface area contributed by atoms with E-state index >= 15 is 0 Å². The number of nitrogens with zero attached hydrogens (tertiary/aromatic N) is 1. The third-order valence-electron chi connectivity index (χ3n) is 5.99. The molecule has 1 aliphatic heterocycles. The molecule has 4 heteroatoms. The van der Waals surface area contributed by atoms with Crippen molar-refractivity contribution < 1.29 is 14.7 Å². The molecule has 1 aliphatic rings. The van der Waals surface area contributed by atoms with E-state index < -0.39 is 17.7 Å². The fraction of sp³-hybridized carbons (Fsp3) is 0.214. The van der Waals surface area contributed by atoms with Crippen molar-refractivity contribution in [3.8, 4) is 0 Å². The average molecular weight is 426 g/mol. The second kappa shape index (κ2) is 9.23. The van der Waals surface area contributed by atoms with Crippen molar-refractivity contribution >= 4 is 17.4 Å². The van der Waals surface area contributed by atoms with Crippen LogP contribution in [-0.4, -0.2) is 28.2 Å². The number of hydrogen-bond acceptors (Lipinski definition) is 3. The van der Waals surface area contributed by atoms with Gasteiger partial charge in [-0.3, -0.25) is 9.59 Å². The average Bonchev–Trinajstić information content (AvgIpc) is 3.08. The van der Waals surface area contributed by atoms with Gasteiger partial charge in [-0.2, -0.15) is 0 Å². The van der Waals surface area contributed by atoms with Gasteiger partial charge in [0.05, 0.1) is 11.6 Å². The van der Waals surface area contributed by atoms with Crippen molar-refractivity contribution in [2.24, 2.45) is 0 Å². The van der Waals surface area contributed by atoms with Gasteiger partial charge in [-0.05, 0) is 29.0 Å². The van der Waals surface area contributed by atoms with Crippen molar-refractivity contribution in [1.82, 2.24) is 4.90 Å². The van der Waals surface area contributed by atoms with Crippen molar-refractivity contribution in [2.45, 2.75) is 32.2 Å². The van der Waals surface area contributed by atoms with E-state index in [1.165, 1.54) is 5.56 Å². The van der Waals surface area contributed by atoms with Gasteiger partial charge >= 0.3 is 0 Å². The minimum Gasteiger partial charge on any atom is -0.507 e. The molecular formula is C28H27NO3. The standard InChI is InChI=1S/C28H27NO3/c1-19(2)21-13-15-22(16-14-21)25-24(26(30)23-11-7-4-8-12-23)27(31)28(32)29(25)18-17-20-9-5-3-6-10-20/h3-16,19,25,30H,17-18H2,1-2H3/b26-24-/t25-/m1/s1. The summed E-state index contributed by atoms with van der Waals surface area (Å²) in [5.41, 5.74) is 3.76. The van der Waals surface area contributed by atoms with Crippen LogP contribution in [0.1, 0.15) is 48.1 Å². The zero-order valence-corrected chi connectivity index (χ0v) is 18.4. The number of rotatable bonds is 6. The van der Waals surface area contributed by atoms with E-state index in [-0.39, 0.29) is 11.3 Å². The van der Waals surface area contributed by atoms with Gasteiger partial charge in [-0.1, -0.05) is 98.8 Å². The van der Waals surface area contributed by atoms with Crippen molar-refractivity contribution in [3.05, 3.63) is 113 Å². The third kappa shape index (κ3) is 4.22. The molecule has 3 aromatic carbocycles. The van der Waals surface area contributed by atoms with Gasteiger partial charge in [0.25, 0.3) is 11.7 Å². The molecule has 1 fully saturated rings. The van der Waals surface area contributed by atoms with Gasteiger partial charge < -0.3 is 10.0 Å². The van der Waals surface area contributed by atoms with Crippen molar-refractivity contribution in [1.29, 1.82) is 0 Å². The summed E-state index contributed by atoms with van der Waals surface area (Å²) in [6.07, 6.45) is 0.625. The second-order valence-electron chi connectivity index (χ2n) is 8.42. The number of ketones is 1. The fourth-order valence-corrected chi connectivity index (χ4v) is 4.17. The molecule has 32 heavy (non-hydrogen) atoms. The highest BCUT2D eigenvalue weighted by atomic mass is 16.3. The molecule has 0 radical (unpaired) electrons. The number of aliphatic hydroxyl groups is 1. The van der Waals surface area contributed by atoms with E-state index in [1.54, 1.807) is 29.2 Å². The summed E-state index contributed by atoms with van der Waals surface area (Å²) in [5.74, 6) is -0.976. The van der Waals surface area contributed by atoms with Crippen LogP contribution in [0.25, 0.3) is 5.76 Å². The minimum atomic E-state index is -0.641. The van der Waals surface area contributed by atoms with E-state index in [0.717, 1.165) is 11.1 Å². The van der Waals surface area contributed by atoms with Crippen molar-refractivity contribution in [3.63, 3.8) is 0 Å². The van der Waals surface area contributed by atoms with Gasteiger partial charge in [0, 0.05) is 12.1 Å². The summed E-state index contributed by atoms with van der Waals surface area (Å²) >= 11 is 0. The number of hydrogen-bond donors (Lipinski definition) is 1. The molecule has 1 saturated heterocycles. The predicted molar refractivity (Wildman–Crippen MR) is 126 cm³/mol. The normalized spacial score (nSPS) is 17.8. The zero-order valence-electron chi connectivity index (χ0n) is 18.4. The van der Waals surface area contributed by atoms with Crippen LogP contribution in [0, 0.1) is 0 Å². The Balaban J connectivity index is 1.77. The van der Waals surface area contributed by atoms with Crippen molar-refractivity contribution in [2.75, 3.05) is 6.54 Å². The SMILES string of the molecule is CC(C)c1ccc([C@@H]2/C(=C(/O)c3ccccc3)C(=O)C(=O)N2CCc2ccccc2)cc1. The van der Waals surface area contributed by atoms with Crippen LogP contribution < -0.4 is 0 Å². The summed E-state index contributed by atoms with van der Waals surface area (Å²) in [5, 5.41) is 11.1. The van der Waals surface area contributed by atoms with Crippen LogP contribution in [0.3, 0.4) is 0 Å². The Labute approximate surface area is 188 Å². The molecule has 1 heterocycles. The number of carbonyl (C=O) groups is 2. The highest BCUT2D eigenvalue weighted by Crippen LogP contribution is 2.39. The number of amides is 1. The first-order chi connectivity index (χ1) is 15.5. The second-order valence-corrected chi connectivity index (χ2v) is 8.42. The first kappa shape index (κ1) is 21.6. The summed E-state index contributed by atoms with van der Waals surface area (Å²) in [6.45, 7) is 4.63. The lowest BCUT2D eigenvalue weighted by molar-refractivity contribution is -0.139. The van der Waals surface area contributed by atoms with E-state index in [9.17, 15) is 14.7 Å². The lowest BCUT2D eigenvalue weighted by Crippen LogP contribution is -2.31. The molecule has 1 amide bonds. The number of benzene rings is 3. The third-order valence-corrected chi connectivity index (χ3v) is 5.99. The fourth-order valence-electron chi connectivity index (χ4n) is 4.17. The Kier molecular flexibility index (Phi) is 6.22. The van der Waals surface area contributed by atoms with Gasteiger partial charge in [0.2, 0.25) is 0 Å². The monoisotopic (exact) mass is 425 g/mol. The number of carbonyl (C=O) groups excluding carboxylic acids is 2. The van der Waals surface area contributed by atoms with E-state index in [2.05, 4.69) is 13.8 Å².